The van der Waals surface area contributed by atoms with Crippen LogP contribution in [0, 0.1) is 0 Å². The number of carbonyl (C=O) groups excluding carboxylic acids is 1. The number of hydrogen-bond donors (Lipinski definition) is 0. The van der Waals surface area contributed by atoms with E-state index in [4.69, 9.17) is 4.74 Å². The molecule has 0 saturated heterocycles. The number of ether oxygens (including phenoxy) is 1. The van der Waals surface area contributed by atoms with E-state index in [2.05, 4.69) is 42.5 Å². The molecular weight excluding hydrogens is 344 g/mol. The second-order valence-electron chi connectivity index (χ2n) is 6.59. The first-order valence-electron chi connectivity index (χ1n) is 9.25. The lowest BCUT2D eigenvalue weighted by Gasteiger charge is -2.16. The maximum absolute atomic E-state index is 11.8. The lowest BCUT2D eigenvalue weighted by atomic mass is 9.91. The maximum Gasteiger partial charge on any atom is 0.308 e. The van der Waals surface area contributed by atoms with Gasteiger partial charge in [0.2, 0.25) is 0 Å². The van der Waals surface area contributed by atoms with Crippen LogP contribution in [0.4, 0.5) is 0 Å². The zero-order valence-corrected chi connectivity index (χ0v) is 15.6. The van der Waals surface area contributed by atoms with E-state index in [-0.39, 0.29) is 5.97 Å². The summed E-state index contributed by atoms with van der Waals surface area (Å²) in [6, 6.07) is 32.4. The van der Waals surface area contributed by atoms with Gasteiger partial charge < -0.3 is 4.74 Å². The Bertz CT molecular complexity index is 1140. The number of benzene rings is 4. The highest BCUT2D eigenvalue weighted by Gasteiger charge is 2.16. The standard InChI is InChI=1S/C26H20O2/c1-19(27)28-25-17-16-22-14-8-9-15-23(22)26(25)24(21-12-6-3-7-13-21)18-20-10-4-2-5-11-20/h2-18H,1H3/b24-18+. The predicted octanol–water partition coefficient (Wildman–Crippen LogP) is 6.35. The molecule has 0 bridgehead atoms. The Kier molecular flexibility index (Phi) is 5.03. The van der Waals surface area contributed by atoms with Gasteiger partial charge in [-0.1, -0.05) is 91.0 Å². The van der Waals surface area contributed by atoms with E-state index in [1.165, 1.54) is 6.92 Å². The zero-order chi connectivity index (χ0) is 19.3. The SMILES string of the molecule is CC(=O)Oc1ccc2ccccc2c1/C(=C/c1ccccc1)c1ccccc1. The van der Waals surface area contributed by atoms with Crippen LogP contribution in [0.5, 0.6) is 5.75 Å². The van der Waals surface area contributed by atoms with Gasteiger partial charge in [-0.05, 0) is 39.6 Å². The normalized spacial score (nSPS) is 11.4. The fourth-order valence-electron chi connectivity index (χ4n) is 3.40. The van der Waals surface area contributed by atoms with Gasteiger partial charge >= 0.3 is 5.97 Å². The second-order valence-corrected chi connectivity index (χ2v) is 6.59. The Morgan fingerprint density at radius 3 is 2.11 bits per heavy atom. The molecule has 0 radical (unpaired) electrons. The summed E-state index contributed by atoms with van der Waals surface area (Å²) in [4.78, 5) is 11.8. The van der Waals surface area contributed by atoms with Crippen molar-refractivity contribution in [3.8, 4) is 5.75 Å². The maximum atomic E-state index is 11.8. The van der Waals surface area contributed by atoms with Crippen molar-refractivity contribution in [3.05, 3.63) is 114 Å². The van der Waals surface area contributed by atoms with Crippen LogP contribution >= 0.6 is 0 Å². The summed E-state index contributed by atoms with van der Waals surface area (Å²) < 4.78 is 5.61. The minimum Gasteiger partial charge on any atom is -0.426 e. The van der Waals surface area contributed by atoms with Crippen LogP contribution < -0.4 is 4.74 Å². The first-order chi connectivity index (χ1) is 13.7. The summed E-state index contributed by atoms with van der Waals surface area (Å²) in [7, 11) is 0. The molecule has 2 heteroatoms. The van der Waals surface area contributed by atoms with Crippen molar-refractivity contribution >= 4 is 28.4 Å². The number of carbonyl (C=O) groups is 1. The van der Waals surface area contributed by atoms with E-state index >= 15 is 0 Å². The number of fused-ring (bicyclic) bond motifs is 1. The molecule has 0 unspecified atom stereocenters. The molecule has 4 rings (SSSR count). The summed E-state index contributed by atoms with van der Waals surface area (Å²) in [6.45, 7) is 1.43. The molecule has 2 nitrogen and oxygen atoms in total. The highest BCUT2D eigenvalue weighted by atomic mass is 16.5. The molecule has 0 fully saturated rings. The Morgan fingerprint density at radius 1 is 0.750 bits per heavy atom. The van der Waals surface area contributed by atoms with E-state index in [1.54, 1.807) is 0 Å². The number of hydrogen-bond acceptors (Lipinski definition) is 2. The lowest BCUT2D eigenvalue weighted by molar-refractivity contribution is -0.131. The fraction of sp³-hybridized carbons (Fsp3) is 0.0385. The van der Waals surface area contributed by atoms with Gasteiger partial charge in [0.15, 0.2) is 0 Å². The fourth-order valence-corrected chi connectivity index (χ4v) is 3.40. The van der Waals surface area contributed by atoms with Gasteiger partial charge in [0, 0.05) is 12.5 Å². The third-order valence-corrected chi connectivity index (χ3v) is 4.61. The van der Waals surface area contributed by atoms with Crippen LogP contribution in [-0.4, -0.2) is 5.97 Å². The van der Waals surface area contributed by atoms with E-state index in [1.807, 2.05) is 60.7 Å². The van der Waals surface area contributed by atoms with Crippen LogP contribution in [0.1, 0.15) is 23.6 Å². The second kappa shape index (κ2) is 7.93. The minimum atomic E-state index is -0.330. The van der Waals surface area contributed by atoms with Gasteiger partial charge in [-0.2, -0.15) is 0 Å². The smallest absolute Gasteiger partial charge is 0.308 e. The van der Waals surface area contributed by atoms with Gasteiger partial charge in [-0.15, -0.1) is 0 Å². The molecule has 0 saturated carbocycles. The molecule has 0 amide bonds. The summed E-state index contributed by atoms with van der Waals surface area (Å²) in [5.41, 5.74) is 4.09. The number of rotatable bonds is 4. The van der Waals surface area contributed by atoms with Crippen molar-refractivity contribution in [2.45, 2.75) is 6.92 Å². The van der Waals surface area contributed by atoms with Crippen molar-refractivity contribution in [2.24, 2.45) is 0 Å². The third-order valence-electron chi connectivity index (χ3n) is 4.61. The molecule has 136 valence electrons. The van der Waals surface area contributed by atoms with Gasteiger partial charge in [0.1, 0.15) is 5.75 Å². The van der Waals surface area contributed by atoms with E-state index in [0.717, 1.165) is 33.0 Å². The van der Waals surface area contributed by atoms with Gasteiger partial charge in [-0.3, -0.25) is 4.79 Å². The van der Waals surface area contributed by atoms with Crippen molar-refractivity contribution in [3.63, 3.8) is 0 Å². The Balaban J connectivity index is 2.04. The quantitative estimate of drug-likeness (QED) is 0.239. The summed E-state index contributed by atoms with van der Waals surface area (Å²) in [6.07, 6.45) is 2.14. The Hall–Kier alpha value is -3.65. The van der Waals surface area contributed by atoms with Crippen LogP contribution in [0.15, 0.2) is 97.1 Å². The Morgan fingerprint density at radius 2 is 1.39 bits per heavy atom. The average Bonchev–Trinajstić information content (AvgIpc) is 2.73. The monoisotopic (exact) mass is 364 g/mol. The molecule has 0 atom stereocenters. The molecule has 28 heavy (non-hydrogen) atoms. The molecule has 4 aromatic carbocycles. The molecule has 0 heterocycles. The van der Waals surface area contributed by atoms with E-state index < -0.39 is 0 Å². The molecule has 4 aromatic rings. The van der Waals surface area contributed by atoms with Gasteiger partial charge in [-0.25, -0.2) is 0 Å². The van der Waals surface area contributed by atoms with Crippen LogP contribution in [0.2, 0.25) is 0 Å². The highest BCUT2D eigenvalue weighted by Crippen LogP contribution is 2.38. The van der Waals surface area contributed by atoms with Crippen molar-refractivity contribution in [2.75, 3.05) is 0 Å². The highest BCUT2D eigenvalue weighted by molar-refractivity contribution is 6.05. The molecule has 0 N–H and O–H groups in total. The Labute approximate surface area is 164 Å². The zero-order valence-electron chi connectivity index (χ0n) is 15.6. The molecule has 0 aliphatic heterocycles. The molecular formula is C26H20O2. The average molecular weight is 364 g/mol. The largest absolute Gasteiger partial charge is 0.426 e. The molecule has 0 aliphatic carbocycles. The van der Waals surface area contributed by atoms with E-state index in [9.17, 15) is 4.79 Å². The first kappa shape index (κ1) is 17.7. The minimum absolute atomic E-state index is 0.330. The number of esters is 1. The van der Waals surface area contributed by atoms with Gasteiger partial charge in [0.05, 0.1) is 0 Å². The van der Waals surface area contributed by atoms with Crippen molar-refractivity contribution < 1.29 is 9.53 Å². The topological polar surface area (TPSA) is 26.3 Å². The first-order valence-corrected chi connectivity index (χ1v) is 9.25. The van der Waals surface area contributed by atoms with Crippen LogP contribution in [0.3, 0.4) is 0 Å². The van der Waals surface area contributed by atoms with Crippen LogP contribution in [-0.2, 0) is 4.79 Å². The lowest BCUT2D eigenvalue weighted by Crippen LogP contribution is -2.04. The summed E-state index contributed by atoms with van der Waals surface area (Å²) >= 11 is 0. The molecule has 0 aromatic heterocycles. The summed E-state index contributed by atoms with van der Waals surface area (Å²) in [5, 5.41) is 2.15. The third kappa shape index (κ3) is 3.72. The van der Waals surface area contributed by atoms with Crippen molar-refractivity contribution in [1.82, 2.24) is 0 Å². The van der Waals surface area contributed by atoms with E-state index in [0.29, 0.717) is 5.75 Å². The van der Waals surface area contributed by atoms with Gasteiger partial charge in [0.25, 0.3) is 0 Å². The molecule has 0 aliphatic rings. The van der Waals surface area contributed by atoms with Crippen LogP contribution in [0.25, 0.3) is 22.4 Å². The molecule has 0 spiro atoms. The van der Waals surface area contributed by atoms with Crippen molar-refractivity contribution in [1.29, 1.82) is 0 Å². The predicted molar refractivity (Wildman–Crippen MR) is 115 cm³/mol. The summed E-state index contributed by atoms with van der Waals surface area (Å²) in [5.74, 6) is 0.237.